The zero-order chi connectivity index (χ0) is 23.9. The zero-order valence-corrected chi connectivity index (χ0v) is 19.1. The first kappa shape index (κ1) is 22.2. The van der Waals surface area contributed by atoms with Gasteiger partial charge in [0.15, 0.2) is 18.1 Å². The number of fused-ring (bicyclic) bond motifs is 1. The Bertz CT molecular complexity index is 1440. The minimum atomic E-state index is -0.769. The topological polar surface area (TPSA) is 109 Å². The maximum atomic E-state index is 12.9. The largest absolute Gasteiger partial charge is 0.452 e. The SMILES string of the molecule is Cc1cc(-n2c(C)cc(C(=O)COC(=O)c3nn(C(C)C)c(=O)c4ccccc34)c2C)no1. The first-order valence-corrected chi connectivity index (χ1v) is 10.5. The molecule has 0 amide bonds. The summed E-state index contributed by atoms with van der Waals surface area (Å²) < 4.78 is 13.5. The number of carbonyl (C=O) groups is 2. The van der Waals surface area contributed by atoms with Gasteiger partial charge in [-0.05, 0) is 46.8 Å². The molecule has 4 rings (SSSR count). The molecule has 0 fully saturated rings. The van der Waals surface area contributed by atoms with Crippen molar-refractivity contribution in [3.05, 3.63) is 75.2 Å². The molecule has 33 heavy (non-hydrogen) atoms. The van der Waals surface area contributed by atoms with E-state index in [0.29, 0.717) is 33.6 Å². The average molecular weight is 448 g/mol. The second kappa shape index (κ2) is 8.50. The van der Waals surface area contributed by atoms with Gasteiger partial charge in [-0.25, -0.2) is 9.48 Å². The van der Waals surface area contributed by atoms with Gasteiger partial charge in [-0.3, -0.25) is 14.2 Å². The van der Waals surface area contributed by atoms with E-state index in [1.54, 1.807) is 68.7 Å². The van der Waals surface area contributed by atoms with Crippen LogP contribution in [0, 0.1) is 20.8 Å². The van der Waals surface area contributed by atoms with Gasteiger partial charge in [-0.15, -0.1) is 0 Å². The highest BCUT2D eigenvalue weighted by atomic mass is 16.5. The smallest absolute Gasteiger partial charge is 0.359 e. The molecule has 0 unspecified atom stereocenters. The standard InChI is InChI=1S/C24H24N4O5/c1-13(2)28-23(30)18-9-7-6-8-17(18)22(25-28)24(31)32-12-20(29)19-10-14(3)27(16(19)5)21-11-15(4)33-26-21/h6-11,13H,12H2,1-5H3. The van der Waals surface area contributed by atoms with Crippen molar-refractivity contribution in [1.82, 2.24) is 19.5 Å². The number of ether oxygens (including phenoxy) is 1. The van der Waals surface area contributed by atoms with E-state index in [2.05, 4.69) is 10.3 Å². The van der Waals surface area contributed by atoms with E-state index in [1.165, 1.54) is 4.68 Å². The summed E-state index contributed by atoms with van der Waals surface area (Å²) >= 11 is 0. The van der Waals surface area contributed by atoms with Gasteiger partial charge >= 0.3 is 5.97 Å². The number of esters is 1. The molecule has 170 valence electrons. The molecule has 0 aliphatic heterocycles. The van der Waals surface area contributed by atoms with Crippen LogP contribution in [0.2, 0.25) is 0 Å². The third-order valence-corrected chi connectivity index (χ3v) is 5.42. The van der Waals surface area contributed by atoms with Crippen LogP contribution in [0.25, 0.3) is 16.6 Å². The van der Waals surface area contributed by atoms with Gasteiger partial charge in [0, 0.05) is 28.4 Å². The van der Waals surface area contributed by atoms with Crippen LogP contribution in [-0.2, 0) is 4.74 Å². The number of aromatic nitrogens is 4. The number of aryl methyl sites for hydroxylation is 2. The third kappa shape index (κ3) is 3.97. The lowest BCUT2D eigenvalue weighted by atomic mass is 10.1. The molecule has 0 saturated carbocycles. The molecular weight excluding hydrogens is 424 g/mol. The molecule has 0 atom stereocenters. The summed E-state index contributed by atoms with van der Waals surface area (Å²) in [5.41, 5.74) is 1.59. The van der Waals surface area contributed by atoms with Crippen LogP contribution < -0.4 is 5.56 Å². The van der Waals surface area contributed by atoms with Gasteiger partial charge in [0.2, 0.25) is 5.78 Å². The molecule has 0 aliphatic carbocycles. The molecule has 0 aliphatic rings. The Morgan fingerprint density at radius 2 is 1.79 bits per heavy atom. The average Bonchev–Trinajstić information content (AvgIpc) is 3.33. The van der Waals surface area contributed by atoms with Crippen molar-refractivity contribution in [3.63, 3.8) is 0 Å². The van der Waals surface area contributed by atoms with Crippen molar-refractivity contribution >= 4 is 22.5 Å². The number of Topliss-reactive ketones (excluding diaryl/α,β-unsaturated/α-hetero) is 1. The number of rotatable bonds is 6. The highest BCUT2D eigenvalue weighted by molar-refractivity contribution is 6.04. The number of hydrogen-bond acceptors (Lipinski definition) is 7. The van der Waals surface area contributed by atoms with E-state index in [1.807, 2.05) is 6.92 Å². The summed E-state index contributed by atoms with van der Waals surface area (Å²) in [6, 6.07) is 9.96. The van der Waals surface area contributed by atoms with E-state index in [4.69, 9.17) is 9.26 Å². The summed E-state index contributed by atoms with van der Waals surface area (Å²) in [7, 11) is 0. The highest BCUT2D eigenvalue weighted by Crippen LogP contribution is 2.22. The first-order chi connectivity index (χ1) is 15.7. The van der Waals surface area contributed by atoms with Gasteiger partial charge in [0.05, 0.1) is 11.4 Å². The molecule has 0 N–H and O–H groups in total. The fraction of sp³-hybridized carbons (Fsp3) is 0.292. The van der Waals surface area contributed by atoms with Gasteiger partial charge in [-0.2, -0.15) is 5.10 Å². The summed E-state index contributed by atoms with van der Waals surface area (Å²) in [5, 5.41) is 8.98. The van der Waals surface area contributed by atoms with Crippen molar-refractivity contribution in [1.29, 1.82) is 0 Å². The van der Waals surface area contributed by atoms with Crippen LogP contribution in [0.5, 0.6) is 0 Å². The van der Waals surface area contributed by atoms with Crippen molar-refractivity contribution in [2.24, 2.45) is 0 Å². The number of benzene rings is 1. The maximum absolute atomic E-state index is 12.9. The van der Waals surface area contributed by atoms with Crippen molar-refractivity contribution in [2.75, 3.05) is 6.61 Å². The Labute approximate surface area is 189 Å². The molecule has 0 saturated heterocycles. The number of ketones is 1. The van der Waals surface area contributed by atoms with Crippen molar-refractivity contribution in [3.8, 4) is 5.82 Å². The molecule has 3 heterocycles. The highest BCUT2D eigenvalue weighted by Gasteiger charge is 2.22. The quantitative estimate of drug-likeness (QED) is 0.327. The van der Waals surface area contributed by atoms with Crippen molar-refractivity contribution in [2.45, 2.75) is 40.7 Å². The number of carbonyl (C=O) groups excluding carboxylic acids is 2. The fourth-order valence-electron chi connectivity index (χ4n) is 3.84. The first-order valence-electron chi connectivity index (χ1n) is 10.5. The Kier molecular flexibility index (Phi) is 5.71. The molecule has 9 nitrogen and oxygen atoms in total. The Morgan fingerprint density at radius 1 is 1.09 bits per heavy atom. The number of hydrogen-bond donors (Lipinski definition) is 0. The van der Waals surface area contributed by atoms with Crippen LogP contribution in [-0.4, -0.2) is 37.9 Å². The second-order valence-electron chi connectivity index (χ2n) is 8.15. The Balaban J connectivity index is 1.60. The monoisotopic (exact) mass is 448 g/mol. The molecule has 1 aromatic carbocycles. The lowest BCUT2D eigenvalue weighted by Crippen LogP contribution is -2.28. The molecule has 0 radical (unpaired) electrons. The summed E-state index contributed by atoms with van der Waals surface area (Å²) in [4.78, 5) is 38.4. The maximum Gasteiger partial charge on any atom is 0.359 e. The Hall–Kier alpha value is -4.01. The van der Waals surface area contributed by atoms with Gasteiger partial charge in [0.25, 0.3) is 5.56 Å². The van der Waals surface area contributed by atoms with E-state index >= 15 is 0 Å². The number of nitrogens with zero attached hydrogens (tertiary/aromatic N) is 4. The van der Waals surface area contributed by atoms with Crippen LogP contribution >= 0.6 is 0 Å². The van der Waals surface area contributed by atoms with Gasteiger partial charge in [0.1, 0.15) is 5.76 Å². The van der Waals surface area contributed by atoms with Crippen LogP contribution in [0.4, 0.5) is 0 Å². The fourth-order valence-corrected chi connectivity index (χ4v) is 3.84. The minimum absolute atomic E-state index is 0.00440. The minimum Gasteiger partial charge on any atom is -0.452 e. The molecule has 0 bridgehead atoms. The predicted octanol–water partition coefficient (Wildman–Crippen LogP) is 3.72. The molecular formula is C24H24N4O5. The lowest BCUT2D eigenvalue weighted by Gasteiger charge is -2.13. The van der Waals surface area contributed by atoms with Crippen LogP contribution in [0.15, 0.2) is 45.7 Å². The van der Waals surface area contributed by atoms with E-state index in [0.717, 1.165) is 5.69 Å². The summed E-state index contributed by atoms with van der Waals surface area (Å²) in [6.07, 6.45) is 0. The van der Waals surface area contributed by atoms with Gasteiger partial charge in [-0.1, -0.05) is 23.4 Å². The summed E-state index contributed by atoms with van der Waals surface area (Å²) in [5.74, 6) is 0.103. The van der Waals surface area contributed by atoms with Crippen LogP contribution in [0.1, 0.15) is 57.9 Å². The van der Waals surface area contributed by atoms with E-state index in [-0.39, 0.29) is 23.1 Å². The van der Waals surface area contributed by atoms with E-state index < -0.39 is 12.6 Å². The van der Waals surface area contributed by atoms with E-state index in [9.17, 15) is 14.4 Å². The zero-order valence-electron chi connectivity index (χ0n) is 19.1. The molecule has 3 aromatic heterocycles. The molecule has 9 heteroatoms. The Morgan fingerprint density at radius 3 is 2.42 bits per heavy atom. The molecule has 4 aromatic rings. The van der Waals surface area contributed by atoms with Crippen LogP contribution in [0.3, 0.4) is 0 Å². The normalized spacial score (nSPS) is 11.3. The second-order valence-corrected chi connectivity index (χ2v) is 8.15. The lowest BCUT2D eigenvalue weighted by molar-refractivity contribution is 0.0468. The predicted molar refractivity (Wildman–Crippen MR) is 121 cm³/mol. The van der Waals surface area contributed by atoms with Gasteiger partial charge < -0.3 is 9.26 Å². The van der Waals surface area contributed by atoms with Crippen molar-refractivity contribution < 1.29 is 18.8 Å². The third-order valence-electron chi connectivity index (χ3n) is 5.42. The summed E-state index contributed by atoms with van der Waals surface area (Å²) in [6.45, 7) is 8.57. The molecule has 0 spiro atoms.